The minimum Gasteiger partial charge on any atom is -0.508 e. The molecule has 3 aromatic rings. The summed E-state index contributed by atoms with van der Waals surface area (Å²) in [5, 5.41) is 14.7. The summed E-state index contributed by atoms with van der Waals surface area (Å²) in [6, 6.07) is 6.20. The number of rotatable bonds is 5. The second kappa shape index (κ2) is 9.66. The van der Waals surface area contributed by atoms with Crippen LogP contribution in [0.3, 0.4) is 0 Å². The van der Waals surface area contributed by atoms with Crippen molar-refractivity contribution in [3.8, 4) is 11.8 Å². The maximum Gasteiger partial charge on any atom is 0.318 e. The van der Waals surface area contributed by atoms with Gasteiger partial charge in [-0.15, -0.1) is 0 Å². The third-order valence-corrected chi connectivity index (χ3v) is 9.83. The van der Waals surface area contributed by atoms with Crippen molar-refractivity contribution in [2.45, 2.75) is 69.1 Å². The number of nitrogens with zero attached hydrogens (tertiary/aromatic N) is 5. The summed E-state index contributed by atoms with van der Waals surface area (Å²) in [4.78, 5) is 16.1. The highest BCUT2D eigenvalue weighted by molar-refractivity contribution is 5.96. The summed E-state index contributed by atoms with van der Waals surface area (Å²) >= 11 is 0. The van der Waals surface area contributed by atoms with Crippen molar-refractivity contribution in [1.29, 1.82) is 0 Å². The SMILES string of the molecule is [2H]C([2H])(Oc1nc2c(c(N3C[C@H]4CC[C@@H](C3)N4)n1)CCN(c1cc(O)cc3ccc(F)c(F)c13)C2)C12CCCN1CCC2. The number of benzene rings is 2. The predicted octanol–water partition coefficient (Wildman–Crippen LogP) is 4.12. The Bertz CT molecular complexity index is 1590. The normalized spacial score (nSPS) is 26.2. The lowest BCUT2D eigenvalue weighted by Crippen LogP contribution is -2.52. The molecule has 216 valence electrons. The Labute approximate surface area is 241 Å². The van der Waals surface area contributed by atoms with E-state index in [0.717, 1.165) is 82.2 Å². The minimum absolute atomic E-state index is 0.0117. The van der Waals surface area contributed by atoms with Crippen LogP contribution < -0.4 is 19.9 Å². The van der Waals surface area contributed by atoms with Gasteiger partial charge in [0.2, 0.25) is 0 Å². The zero-order valence-corrected chi connectivity index (χ0v) is 23.0. The van der Waals surface area contributed by atoms with Gasteiger partial charge in [0.25, 0.3) is 0 Å². The Balaban J connectivity index is 1.20. The van der Waals surface area contributed by atoms with Crippen LogP contribution >= 0.6 is 0 Å². The van der Waals surface area contributed by atoms with Crippen molar-refractivity contribution in [2.24, 2.45) is 0 Å². The molecule has 8 rings (SSSR count). The van der Waals surface area contributed by atoms with E-state index in [1.165, 1.54) is 18.2 Å². The Hall–Kier alpha value is -3.24. The molecular weight excluding hydrogens is 526 g/mol. The summed E-state index contributed by atoms with van der Waals surface area (Å²) in [7, 11) is 0. The van der Waals surface area contributed by atoms with Gasteiger partial charge in [-0.05, 0) is 75.6 Å². The van der Waals surface area contributed by atoms with E-state index < -0.39 is 23.7 Å². The molecule has 6 heterocycles. The quantitative estimate of drug-likeness (QED) is 0.480. The van der Waals surface area contributed by atoms with E-state index in [2.05, 4.69) is 15.1 Å². The maximum atomic E-state index is 15.1. The lowest BCUT2D eigenvalue weighted by molar-refractivity contribution is 0.107. The van der Waals surface area contributed by atoms with Crippen molar-refractivity contribution < 1.29 is 21.4 Å². The highest BCUT2D eigenvalue weighted by atomic mass is 19.2. The van der Waals surface area contributed by atoms with Gasteiger partial charge >= 0.3 is 6.01 Å². The van der Waals surface area contributed by atoms with Crippen LogP contribution in [0, 0.1) is 11.6 Å². The van der Waals surface area contributed by atoms with Gasteiger partial charge in [-0.1, -0.05) is 6.07 Å². The summed E-state index contributed by atoms with van der Waals surface area (Å²) in [6.07, 6.45) is 6.12. The van der Waals surface area contributed by atoms with E-state index >= 15 is 4.39 Å². The number of hydrogen-bond acceptors (Lipinski definition) is 8. The van der Waals surface area contributed by atoms with Crippen LogP contribution in [0.4, 0.5) is 20.3 Å². The maximum absolute atomic E-state index is 15.1. The molecular formula is C31H36F2N6O2. The molecule has 4 saturated heterocycles. The van der Waals surface area contributed by atoms with E-state index in [-0.39, 0.29) is 23.7 Å². The number of phenols is 1. The van der Waals surface area contributed by atoms with E-state index in [1.807, 2.05) is 4.90 Å². The molecule has 4 fully saturated rings. The smallest absolute Gasteiger partial charge is 0.318 e. The third-order valence-electron chi connectivity index (χ3n) is 9.83. The Kier molecular flexibility index (Phi) is 5.50. The van der Waals surface area contributed by atoms with E-state index in [1.54, 1.807) is 0 Å². The van der Waals surface area contributed by atoms with Crippen molar-refractivity contribution in [1.82, 2.24) is 20.2 Å². The molecule has 0 unspecified atom stereocenters. The van der Waals surface area contributed by atoms with Gasteiger partial charge in [0.05, 0.1) is 26.2 Å². The topological polar surface area (TPSA) is 77.0 Å². The lowest BCUT2D eigenvalue weighted by Gasteiger charge is -2.38. The van der Waals surface area contributed by atoms with Gasteiger partial charge in [0.1, 0.15) is 18.1 Å². The molecule has 0 spiro atoms. The highest BCUT2D eigenvalue weighted by Gasteiger charge is 2.45. The molecule has 2 aromatic carbocycles. The Morgan fingerprint density at radius 3 is 2.61 bits per heavy atom. The van der Waals surface area contributed by atoms with Gasteiger partial charge in [0, 0.05) is 48.7 Å². The van der Waals surface area contributed by atoms with Gasteiger partial charge in [-0.3, -0.25) is 4.90 Å². The van der Waals surface area contributed by atoms with Crippen LogP contribution in [0.5, 0.6) is 11.8 Å². The average Bonchev–Trinajstić information content (AvgIpc) is 3.68. The molecule has 0 aliphatic carbocycles. The van der Waals surface area contributed by atoms with Crippen LogP contribution in [-0.2, 0) is 13.0 Å². The molecule has 10 heteroatoms. The van der Waals surface area contributed by atoms with E-state index in [0.29, 0.717) is 41.8 Å². The second-order valence-electron chi connectivity index (χ2n) is 12.3. The minimum atomic E-state index is -1.98. The van der Waals surface area contributed by atoms with Gasteiger partial charge in [-0.25, -0.2) is 8.78 Å². The fraction of sp³-hybridized carbons (Fsp3) is 0.548. The second-order valence-corrected chi connectivity index (χ2v) is 12.3. The number of ether oxygens (including phenoxy) is 1. The van der Waals surface area contributed by atoms with Gasteiger partial charge in [0.15, 0.2) is 11.6 Å². The van der Waals surface area contributed by atoms with E-state index in [4.69, 9.17) is 17.4 Å². The predicted molar refractivity (Wildman–Crippen MR) is 153 cm³/mol. The van der Waals surface area contributed by atoms with Crippen molar-refractivity contribution in [3.05, 3.63) is 47.2 Å². The van der Waals surface area contributed by atoms with Gasteiger partial charge < -0.3 is 25.0 Å². The molecule has 2 atom stereocenters. The number of phenolic OH excluding ortho intramolecular Hbond substituents is 1. The molecule has 0 saturated carbocycles. The zero-order chi connectivity index (χ0) is 29.5. The lowest BCUT2D eigenvalue weighted by atomic mass is 9.95. The largest absolute Gasteiger partial charge is 0.508 e. The number of fused-ring (bicyclic) bond motifs is 5. The van der Waals surface area contributed by atoms with E-state index in [9.17, 15) is 9.50 Å². The average molecular weight is 565 g/mol. The van der Waals surface area contributed by atoms with Crippen LogP contribution in [0.1, 0.15) is 52.5 Å². The number of anilines is 2. The summed E-state index contributed by atoms with van der Waals surface area (Å²) < 4.78 is 53.9. The number of piperazine rings is 1. The molecule has 0 amide bonds. The molecule has 2 bridgehead atoms. The van der Waals surface area contributed by atoms with Crippen LogP contribution in [0.2, 0.25) is 0 Å². The van der Waals surface area contributed by atoms with Crippen molar-refractivity contribution in [2.75, 3.05) is 49.1 Å². The number of nitrogens with one attached hydrogen (secondary N) is 1. The molecule has 5 aliphatic rings. The molecule has 1 aromatic heterocycles. The van der Waals surface area contributed by atoms with Crippen molar-refractivity contribution in [3.63, 3.8) is 0 Å². The molecule has 0 radical (unpaired) electrons. The van der Waals surface area contributed by atoms with Crippen LogP contribution in [-0.4, -0.2) is 76.9 Å². The summed E-state index contributed by atoms with van der Waals surface area (Å²) in [6.45, 7) is 2.11. The fourth-order valence-corrected chi connectivity index (χ4v) is 7.89. The Morgan fingerprint density at radius 1 is 1.05 bits per heavy atom. The monoisotopic (exact) mass is 564 g/mol. The van der Waals surface area contributed by atoms with Gasteiger partial charge in [-0.2, -0.15) is 9.97 Å². The van der Waals surface area contributed by atoms with Crippen LogP contribution in [0.15, 0.2) is 24.3 Å². The number of aromatic nitrogens is 2. The zero-order valence-electron chi connectivity index (χ0n) is 25.0. The van der Waals surface area contributed by atoms with Crippen LogP contribution in [0.25, 0.3) is 10.8 Å². The molecule has 2 N–H and O–H groups in total. The molecule has 8 nitrogen and oxygen atoms in total. The molecule has 5 aliphatic heterocycles. The highest BCUT2D eigenvalue weighted by Crippen LogP contribution is 2.41. The Morgan fingerprint density at radius 2 is 1.83 bits per heavy atom. The molecule has 41 heavy (non-hydrogen) atoms. The number of hydrogen-bond donors (Lipinski definition) is 2. The van der Waals surface area contributed by atoms with Crippen molar-refractivity contribution >= 4 is 22.3 Å². The summed E-state index contributed by atoms with van der Waals surface area (Å²) in [5.41, 5.74) is 1.35. The third kappa shape index (κ3) is 4.29. The first-order valence-corrected chi connectivity index (χ1v) is 14.9. The first-order chi connectivity index (χ1) is 20.7. The first kappa shape index (κ1) is 23.3. The fourth-order valence-electron chi connectivity index (χ4n) is 7.89. The number of aromatic hydroxyl groups is 1. The number of halogens is 2. The first-order valence-electron chi connectivity index (χ1n) is 15.9. The standard InChI is InChI=1S/C31H36F2N6O2/c32-24-6-3-19-13-22(40)14-26(27(19)28(24)33)37-12-7-23-25(17-37)35-30(41-18-31-8-1-10-39(31)11-2-9-31)36-29(23)38-15-20-4-5-21(16-38)34-20/h3,6,13-14,20-21,34,40H,1-2,4-5,7-12,15-18H2/t20-,21+/i18D2. The summed E-state index contributed by atoms with van der Waals surface area (Å²) in [5.74, 6) is -1.15.